The van der Waals surface area contributed by atoms with Crippen molar-refractivity contribution >= 4 is 11.7 Å². The summed E-state index contributed by atoms with van der Waals surface area (Å²) in [5, 5.41) is 9.81. The minimum absolute atomic E-state index is 0.0964. The summed E-state index contributed by atoms with van der Waals surface area (Å²) >= 11 is 0. The third kappa shape index (κ3) is 2.88. The number of ketones is 1. The maximum Gasteiger partial charge on any atom is 0.223 e. The molecule has 146 valence electrons. The van der Waals surface area contributed by atoms with Gasteiger partial charge < -0.3 is 10.0 Å². The second kappa shape index (κ2) is 6.65. The van der Waals surface area contributed by atoms with Crippen LogP contribution in [0.25, 0.3) is 0 Å². The Kier molecular flexibility index (Phi) is 4.56. The smallest absolute Gasteiger partial charge is 0.223 e. The Bertz CT molecular complexity index is 773. The van der Waals surface area contributed by atoms with Crippen molar-refractivity contribution in [1.29, 1.82) is 0 Å². The second-order valence-electron chi connectivity index (χ2n) is 9.16. The Morgan fingerprint density at radius 2 is 2.11 bits per heavy atom. The molecule has 2 saturated carbocycles. The van der Waals surface area contributed by atoms with Crippen molar-refractivity contribution in [3.63, 3.8) is 0 Å². The van der Waals surface area contributed by atoms with E-state index in [-0.39, 0.29) is 17.2 Å². The van der Waals surface area contributed by atoms with Gasteiger partial charge in [-0.3, -0.25) is 9.59 Å². The Labute approximate surface area is 161 Å². The van der Waals surface area contributed by atoms with E-state index in [1.807, 2.05) is 20.0 Å². The fourth-order valence-corrected chi connectivity index (χ4v) is 6.23. The van der Waals surface area contributed by atoms with Gasteiger partial charge in [-0.05, 0) is 80.0 Å². The zero-order valence-electron chi connectivity index (χ0n) is 16.7. The van der Waals surface area contributed by atoms with Gasteiger partial charge in [0.25, 0.3) is 0 Å². The van der Waals surface area contributed by atoms with E-state index in [1.165, 1.54) is 11.1 Å². The number of fused-ring (bicyclic) bond motifs is 5. The number of benzene rings is 1. The Morgan fingerprint density at radius 1 is 1.33 bits per heavy atom. The van der Waals surface area contributed by atoms with Crippen LogP contribution in [0.5, 0.6) is 5.75 Å². The molecule has 0 heterocycles. The van der Waals surface area contributed by atoms with Crippen molar-refractivity contribution in [3.05, 3.63) is 29.3 Å². The van der Waals surface area contributed by atoms with E-state index in [2.05, 4.69) is 13.0 Å². The molecule has 0 bridgehead atoms. The van der Waals surface area contributed by atoms with E-state index in [0.717, 1.165) is 32.1 Å². The minimum atomic E-state index is -0.259. The van der Waals surface area contributed by atoms with Gasteiger partial charge in [-0.1, -0.05) is 13.0 Å². The third-order valence-corrected chi connectivity index (χ3v) is 7.89. The molecular formula is C23H31NO3. The number of phenols is 1. The summed E-state index contributed by atoms with van der Waals surface area (Å²) in [5.41, 5.74) is 2.40. The summed E-state index contributed by atoms with van der Waals surface area (Å²) in [6, 6.07) is 5.82. The first-order valence-electron chi connectivity index (χ1n) is 10.4. The van der Waals surface area contributed by atoms with Gasteiger partial charge in [-0.2, -0.15) is 0 Å². The van der Waals surface area contributed by atoms with Gasteiger partial charge in [0, 0.05) is 31.3 Å². The maximum atomic E-state index is 13.3. The van der Waals surface area contributed by atoms with Crippen LogP contribution in [0.15, 0.2) is 18.2 Å². The SMILES string of the molecule is CCN(C)C(=O)CC1CC2C3CCc4cc(O)ccc4C3CC[C@]2(C)C1=O. The minimum Gasteiger partial charge on any atom is -0.508 e. The molecular weight excluding hydrogens is 338 g/mol. The van der Waals surface area contributed by atoms with E-state index in [4.69, 9.17) is 0 Å². The Balaban J connectivity index is 1.58. The van der Waals surface area contributed by atoms with Crippen molar-refractivity contribution in [3.8, 4) is 5.75 Å². The van der Waals surface area contributed by atoms with Gasteiger partial charge in [0.15, 0.2) is 0 Å². The van der Waals surface area contributed by atoms with E-state index in [0.29, 0.717) is 42.3 Å². The topological polar surface area (TPSA) is 57.6 Å². The van der Waals surface area contributed by atoms with Crippen LogP contribution in [-0.2, 0) is 16.0 Å². The summed E-state index contributed by atoms with van der Waals surface area (Å²) in [6.07, 6.45) is 5.27. The molecule has 1 amide bonds. The number of hydrogen-bond acceptors (Lipinski definition) is 3. The van der Waals surface area contributed by atoms with Crippen molar-refractivity contribution in [2.45, 2.75) is 58.3 Å². The molecule has 1 N–H and O–H groups in total. The van der Waals surface area contributed by atoms with Crippen molar-refractivity contribution in [2.24, 2.45) is 23.2 Å². The zero-order chi connectivity index (χ0) is 19.3. The number of nitrogens with zero attached hydrogens (tertiary/aromatic N) is 1. The van der Waals surface area contributed by atoms with Crippen LogP contribution in [0, 0.1) is 23.2 Å². The fraction of sp³-hybridized carbons (Fsp3) is 0.652. The molecule has 2 fully saturated rings. The number of aromatic hydroxyl groups is 1. The molecule has 0 saturated heterocycles. The highest BCUT2D eigenvalue weighted by Gasteiger charge is 2.58. The summed E-state index contributed by atoms with van der Waals surface area (Å²) in [6.45, 7) is 4.82. The molecule has 1 aromatic carbocycles. The molecule has 3 aliphatic carbocycles. The summed E-state index contributed by atoms with van der Waals surface area (Å²) in [7, 11) is 1.82. The molecule has 0 aliphatic heterocycles. The van der Waals surface area contributed by atoms with Gasteiger partial charge in [-0.25, -0.2) is 0 Å². The lowest BCUT2D eigenvalue weighted by Crippen LogP contribution is -2.42. The van der Waals surface area contributed by atoms with E-state index < -0.39 is 0 Å². The van der Waals surface area contributed by atoms with Gasteiger partial charge >= 0.3 is 0 Å². The van der Waals surface area contributed by atoms with Crippen LogP contribution >= 0.6 is 0 Å². The van der Waals surface area contributed by atoms with Gasteiger partial charge in [-0.15, -0.1) is 0 Å². The second-order valence-corrected chi connectivity index (χ2v) is 9.16. The molecule has 0 aromatic heterocycles. The summed E-state index contributed by atoms with van der Waals surface area (Å²) in [5.74, 6) is 2.07. The normalized spacial score (nSPS) is 34.6. The van der Waals surface area contributed by atoms with Crippen LogP contribution in [0.3, 0.4) is 0 Å². The number of hydrogen-bond donors (Lipinski definition) is 1. The van der Waals surface area contributed by atoms with Gasteiger partial charge in [0.05, 0.1) is 0 Å². The van der Waals surface area contributed by atoms with Crippen LogP contribution in [-0.4, -0.2) is 35.3 Å². The quantitative estimate of drug-likeness (QED) is 0.879. The highest BCUT2D eigenvalue weighted by atomic mass is 16.3. The number of rotatable bonds is 3. The van der Waals surface area contributed by atoms with Crippen LogP contribution < -0.4 is 0 Å². The average molecular weight is 370 g/mol. The maximum absolute atomic E-state index is 13.3. The number of amides is 1. The monoisotopic (exact) mass is 369 g/mol. The lowest BCUT2D eigenvalue weighted by molar-refractivity contribution is -0.137. The predicted octanol–water partition coefficient (Wildman–Crippen LogP) is 3.91. The molecule has 4 heteroatoms. The van der Waals surface area contributed by atoms with Crippen LogP contribution in [0.1, 0.15) is 63.0 Å². The van der Waals surface area contributed by atoms with Crippen LogP contribution in [0.2, 0.25) is 0 Å². The number of carbonyl (C=O) groups excluding carboxylic acids is 2. The highest BCUT2D eigenvalue weighted by Crippen LogP contribution is 2.61. The standard InChI is InChI=1S/C23H31NO3/c1-4-24(3)21(26)13-15-12-20-19-7-5-14-11-16(25)6-8-17(14)18(19)9-10-23(20,2)22(15)27/h6,8,11,15,18-20,25H,4-5,7,9-10,12-13H2,1-3H3/t15?,18?,19?,20?,23-/m0/s1. The molecule has 5 atom stereocenters. The third-order valence-electron chi connectivity index (χ3n) is 7.89. The first kappa shape index (κ1) is 18.5. The van der Waals surface area contributed by atoms with Crippen molar-refractivity contribution < 1.29 is 14.7 Å². The van der Waals surface area contributed by atoms with E-state index >= 15 is 0 Å². The number of Topliss-reactive ketones (excluding diaryl/α,β-unsaturated/α-hetero) is 1. The molecule has 3 aliphatic rings. The molecule has 0 spiro atoms. The van der Waals surface area contributed by atoms with Gasteiger partial charge in [0.1, 0.15) is 11.5 Å². The van der Waals surface area contributed by atoms with Crippen LogP contribution in [0.4, 0.5) is 0 Å². The number of carbonyl (C=O) groups is 2. The first-order valence-corrected chi connectivity index (χ1v) is 10.4. The number of phenolic OH excluding ortho intramolecular Hbond substituents is 1. The molecule has 27 heavy (non-hydrogen) atoms. The average Bonchev–Trinajstić information content (AvgIpc) is 2.91. The molecule has 1 aromatic rings. The molecule has 4 unspecified atom stereocenters. The van der Waals surface area contributed by atoms with E-state index in [9.17, 15) is 14.7 Å². The first-order chi connectivity index (χ1) is 12.8. The Morgan fingerprint density at radius 3 is 2.85 bits per heavy atom. The summed E-state index contributed by atoms with van der Waals surface area (Å²) < 4.78 is 0. The Hall–Kier alpha value is -1.84. The molecule has 4 nitrogen and oxygen atoms in total. The van der Waals surface area contributed by atoms with Crippen molar-refractivity contribution in [2.75, 3.05) is 13.6 Å². The van der Waals surface area contributed by atoms with Crippen molar-refractivity contribution in [1.82, 2.24) is 4.90 Å². The zero-order valence-corrected chi connectivity index (χ0v) is 16.7. The highest BCUT2D eigenvalue weighted by molar-refractivity contribution is 5.93. The summed E-state index contributed by atoms with van der Waals surface area (Å²) in [4.78, 5) is 27.4. The lowest BCUT2D eigenvalue weighted by atomic mass is 9.55. The lowest BCUT2D eigenvalue weighted by Gasteiger charge is -2.48. The molecule has 4 rings (SSSR count). The predicted molar refractivity (Wildman–Crippen MR) is 105 cm³/mol. The van der Waals surface area contributed by atoms with E-state index in [1.54, 1.807) is 11.0 Å². The largest absolute Gasteiger partial charge is 0.508 e. The number of aryl methyl sites for hydroxylation is 1. The van der Waals surface area contributed by atoms with Gasteiger partial charge in [0.2, 0.25) is 5.91 Å². The fourth-order valence-electron chi connectivity index (χ4n) is 6.23. The molecule has 0 radical (unpaired) electrons.